The Hall–Kier alpha value is -1.30. The third kappa shape index (κ3) is 5.00. The molecule has 0 bridgehead atoms. The molecule has 0 saturated heterocycles. The first kappa shape index (κ1) is 15.1. The van der Waals surface area contributed by atoms with Gasteiger partial charge in [-0.05, 0) is 12.0 Å². The van der Waals surface area contributed by atoms with Gasteiger partial charge < -0.3 is 0 Å². The van der Waals surface area contributed by atoms with Gasteiger partial charge in [0.25, 0.3) is 0 Å². The van der Waals surface area contributed by atoms with Crippen molar-refractivity contribution >= 4 is 0 Å². The summed E-state index contributed by atoms with van der Waals surface area (Å²) in [6.07, 6.45) is 18.8. The van der Waals surface area contributed by atoms with Gasteiger partial charge in [-0.2, -0.15) is 0 Å². The lowest BCUT2D eigenvalue weighted by Crippen LogP contribution is -2.00. The molecule has 0 heterocycles. The van der Waals surface area contributed by atoms with E-state index in [4.69, 9.17) is 0 Å². The van der Waals surface area contributed by atoms with Crippen molar-refractivity contribution in [1.82, 2.24) is 0 Å². The third-order valence-electron chi connectivity index (χ3n) is 4.04. The second-order valence-electron chi connectivity index (χ2n) is 5.75. The molecule has 0 N–H and O–H groups in total. The number of hydrogen-bond acceptors (Lipinski definition) is 0. The highest BCUT2D eigenvalue weighted by Crippen LogP contribution is 2.27. The molecule has 107 valence electrons. The molecule has 1 radical (unpaired) electrons. The van der Waals surface area contributed by atoms with E-state index in [2.05, 4.69) is 61.6 Å². The van der Waals surface area contributed by atoms with Crippen LogP contribution >= 0.6 is 0 Å². The second kappa shape index (κ2) is 8.79. The average Bonchev–Trinajstić information content (AvgIpc) is 2.52. The number of unbranched alkanes of at least 4 members (excludes halogenated alkanes) is 5. The summed E-state index contributed by atoms with van der Waals surface area (Å²) in [5, 5.41) is 0. The average molecular weight is 267 g/mol. The van der Waals surface area contributed by atoms with E-state index in [0.717, 1.165) is 0 Å². The zero-order valence-electron chi connectivity index (χ0n) is 12.7. The first-order valence-corrected chi connectivity index (χ1v) is 8.17. The Balaban J connectivity index is 1.67. The summed E-state index contributed by atoms with van der Waals surface area (Å²) < 4.78 is 0. The standard InChI is InChI=1S/C20H27/c1-2-3-4-5-6-8-11-18-14-16-20(17-15-18)19-12-9-7-10-13-19/h7,9-10,12-17,20H,2-6,8,11H2,1H3. The first-order chi connectivity index (χ1) is 9.90. The highest BCUT2D eigenvalue weighted by Gasteiger charge is 2.11. The molecule has 0 fully saturated rings. The zero-order valence-corrected chi connectivity index (χ0v) is 12.7. The Morgan fingerprint density at radius 1 is 0.800 bits per heavy atom. The van der Waals surface area contributed by atoms with E-state index < -0.39 is 0 Å². The van der Waals surface area contributed by atoms with Crippen LogP contribution in [0.3, 0.4) is 0 Å². The molecule has 1 aromatic rings. The molecule has 0 unspecified atom stereocenters. The fourth-order valence-electron chi connectivity index (χ4n) is 2.75. The van der Waals surface area contributed by atoms with Gasteiger partial charge in [-0.15, -0.1) is 0 Å². The maximum Gasteiger partial charge on any atom is 0.0199 e. The van der Waals surface area contributed by atoms with Crippen LogP contribution in [0.5, 0.6) is 0 Å². The molecule has 1 aliphatic rings. The van der Waals surface area contributed by atoms with Gasteiger partial charge in [0.1, 0.15) is 0 Å². The third-order valence-corrected chi connectivity index (χ3v) is 4.04. The Bertz CT molecular complexity index is 399. The van der Waals surface area contributed by atoms with Crippen molar-refractivity contribution in [2.75, 3.05) is 0 Å². The molecule has 1 aromatic carbocycles. The largest absolute Gasteiger partial charge is 0.0765 e. The molecular weight excluding hydrogens is 240 g/mol. The van der Waals surface area contributed by atoms with E-state index in [1.54, 1.807) is 0 Å². The van der Waals surface area contributed by atoms with Crippen molar-refractivity contribution < 1.29 is 0 Å². The van der Waals surface area contributed by atoms with E-state index >= 15 is 0 Å². The van der Waals surface area contributed by atoms with E-state index in [9.17, 15) is 0 Å². The topological polar surface area (TPSA) is 0 Å². The van der Waals surface area contributed by atoms with Crippen LogP contribution in [0.2, 0.25) is 0 Å². The summed E-state index contributed by atoms with van der Waals surface area (Å²) in [4.78, 5) is 0. The zero-order chi connectivity index (χ0) is 14.0. The first-order valence-electron chi connectivity index (χ1n) is 8.17. The summed E-state index contributed by atoms with van der Waals surface area (Å²) in [7, 11) is 0. The molecule has 0 atom stereocenters. The van der Waals surface area contributed by atoms with Gasteiger partial charge >= 0.3 is 0 Å². The molecule has 2 rings (SSSR count). The van der Waals surface area contributed by atoms with E-state index in [-0.39, 0.29) is 0 Å². The van der Waals surface area contributed by atoms with Crippen LogP contribution in [0.1, 0.15) is 63.4 Å². The number of allylic oxidation sites excluding steroid dienone is 4. The van der Waals surface area contributed by atoms with Gasteiger partial charge in [-0.3, -0.25) is 0 Å². The summed E-state index contributed by atoms with van der Waals surface area (Å²) in [6, 6.07) is 10.7. The van der Waals surface area contributed by atoms with Crippen molar-refractivity contribution in [1.29, 1.82) is 0 Å². The maximum absolute atomic E-state index is 2.34. The minimum atomic E-state index is 0.463. The Kier molecular flexibility index (Phi) is 6.63. The smallest absolute Gasteiger partial charge is 0.0199 e. The normalized spacial score (nSPS) is 15.8. The predicted octanol–water partition coefficient (Wildman–Crippen LogP) is 6.22. The predicted molar refractivity (Wildman–Crippen MR) is 88.7 cm³/mol. The Morgan fingerprint density at radius 3 is 2.15 bits per heavy atom. The summed E-state index contributed by atoms with van der Waals surface area (Å²) in [5.74, 6) is 1.96. The Labute approximate surface area is 124 Å². The van der Waals surface area contributed by atoms with Crippen molar-refractivity contribution in [2.45, 2.75) is 57.8 Å². The summed E-state index contributed by atoms with van der Waals surface area (Å²) in [6.45, 7) is 2.27. The molecule has 0 heteroatoms. The highest BCUT2D eigenvalue weighted by molar-refractivity contribution is 5.38. The van der Waals surface area contributed by atoms with E-state index in [0.29, 0.717) is 5.92 Å². The second-order valence-corrected chi connectivity index (χ2v) is 5.75. The molecule has 0 spiro atoms. The summed E-state index contributed by atoms with van der Waals surface area (Å²) in [5.41, 5.74) is 1.39. The molecule has 0 amide bonds. The van der Waals surface area contributed by atoms with Crippen LogP contribution in [0.15, 0.2) is 54.6 Å². The molecule has 0 nitrogen and oxygen atoms in total. The van der Waals surface area contributed by atoms with Gasteiger partial charge in [0.05, 0.1) is 0 Å². The van der Waals surface area contributed by atoms with Gasteiger partial charge in [0, 0.05) is 11.8 Å². The van der Waals surface area contributed by atoms with Crippen molar-refractivity contribution in [3.05, 3.63) is 66.1 Å². The van der Waals surface area contributed by atoms with Crippen LogP contribution < -0.4 is 0 Å². The lowest BCUT2D eigenvalue weighted by Gasteiger charge is -2.16. The quantitative estimate of drug-likeness (QED) is 0.490. The van der Waals surface area contributed by atoms with Crippen molar-refractivity contribution in [2.24, 2.45) is 0 Å². The van der Waals surface area contributed by atoms with Crippen molar-refractivity contribution in [3.63, 3.8) is 0 Å². The van der Waals surface area contributed by atoms with Gasteiger partial charge in [0.15, 0.2) is 0 Å². The number of hydrogen-bond donors (Lipinski definition) is 0. The number of rotatable bonds is 8. The van der Waals surface area contributed by atoms with Crippen LogP contribution in [0.4, 0.5) is 0 Å². The van der Waals surface area contributed by atoms with Crippen LogP contribution in [-0.4, -0.2) is 0 Å². The monoisotopic (exact) mass is 267 g/mol. The lowest BCUT2D eigenvalue weighted by molar-refractivity contribution is 0.601. The molecular formula is C20H27. The SMILES string of the molecule is CCCCCCCC[C]1C=CC(c2ccccc2)C=C1. The Morgan fingerprint density at radius 2 is 1.45 bits per heavy atom. The minimum absolute atomic E-state index is 0.463. The summed E-state index contributed by atoms with van der Waals surface area (Å²) >= 11 is 0. The number of benzene rings is 1. The van der Waals surface area contributed by atoms with Gasteiger partial charge in [-0.25, -0.2) is 0 Å². The molecule has 1 aliphatic carbocycles. The van der Waals surface area contributed by atoms with Gasteiger partial charge in [-0.1, -0.05) is 100 Å². The van der Waals surface area contributed by atoms with E-state index in [1.807, 2.05) is 0 Å². The van der Waals surface area contributed by atoms with Crippen LogP contribution in [-0.2, 0) is 0 Å². The van der Waals surface area contributed by atoms with E-state index in [1.165, 1.54) is 56.4 Å². The molecule has 0 aliphatic heterocycles. The molecule has 0 saturated carbocycles. The van der Waals surface area contributed by atoms with Crippen LogP contribution in [0, 0.1) is 5.92 Å². The minimum Gasteiger partial charge on any atom is -0.0765 e. The molecule has 20 heavy (non-hydrogen) atoms. The highest BCUT2D eigenvalue weighted by atomic mass is 14.2. The maximum atomic E-state index is 2.34. The lowest BCUT2D eigenvalue weighted by atomic mass is 9.88. The fraction of sp³-hybridized carbons (Fsp3) is 0.450. The fourth-order valence-corrected chi connectivity index (χ4v) is 2.75. The van der Waals surface area contributed by atoms with Crippen LogP contribution in [0.25, 0.3) is 0 Å². The van der Waals surface area contributed by atoms with Crippen molar-refractivity contribution in [3.8, 4) is 0 Å². The van der Waals surface area contributed by atoms with Gasteiger partial charge in [0.2, 0.25) is 0 Å². The molecule has 0 aromatic heterocycles.